The molecular weight excluding hydrogens is 381 g/mol. The Bertz CT molecular complexity index is 976. The summed E-state index contributed by atoms with van der Waals surface area (Å²) < 4.78 is 40.5. The Balaban J connectivity index is 1.40. The maximum Gasteiger partial charge on any atom is 0.416 e. The molecule has 1 fully saturated rings. The Hall–Kier alpha value is -3.29. The number of benzene rings is 2. The predicted molar refractivity (Wildman–Crippen MR) is 103 cm³/mol. The summed E-state index contributed by atoms with van der Waals surface area (Å²) >= 11 is 0. The number of carbonyl (C=O) groups excluding carboxylic acids is 1. The molecule has 1 saturated heterocycles. The molecule has 0 unspecified atom stereocenters. The highest BCUT2D eigenvalue weighted by Gasteiger charge is 2.31. The van der Waals surface area contributed by atoms with Crippen LogP contribution in [0, 0.1) is 0 Å². The Morgan fingerprint density at radius 1 is 0.897 bits per heavy atom. The number of hydrogen-bond donors (Lipinski definition) is 0. The number of aromatic nitrogens is 2. The van der Waals surface area contributed by atoms with Crippen molar-refractivity contribution in [2.45, 2.75) is 6.18 Å². The minimum Gasteiger partial charge on any atom is -0.368 e. The number of carbonyl (C=O) groups is 1. The molecule has 4 rings (SSSR count). The number of piperazine rings is 1. The van der Waals surface area contributed by atoms with Gasteiger partial charge in [0.25, 0.3) is 5.91 Å². The van der Waals surface area contributed by atoms with Crippen molar-refractivity contribution in [1.29, 1.82) is 0 Å². The van der Waals surface area contributed by atoms with Gasteiger partial charge in [0.1, 0.15) is 0 Å². The van der Waals surface area contributed by atoms with E-state index in [1.165, 1.54) is 6.07 Å². The standard InChI is InChI=1S/C21H19F3N4O/c22-21(23,24)17-3-1-4-19(15-17)26-11-13-27(14-12-26)20(29)16-5-7-18(8-6-16)28-10-2-9-25-28/h1-10,15H,11-14H2. The van der Waals surface area contributed by atoms with Crippen LogP contribution in [0.2, 0.25) is 0 Å². The Labute approximate surface area is 166 Å². The lowest BCUT2D eigenvalue weighted by molar-refractivity contribution is -0.137. The molecular formula is C21H19F3N4O. The fourth-order valence-corrected chi connectivity index (χ4v) is 3.41. The lowest BCUT2D eigenvalue weighted by Gasteiger charge is -2.36. The van der Waals surface area contributed by atoms with Gasteiger partial charge in [-0.15, -0.1) is 0 Å². The average Bonchev–Trinajstić information content (AvgIpc) is 3.28. The van der Waals surface area contributed by atoms with Crippen LogP contribution in [-0.2, 0) is 6.18 Å². The summed E-state index contributed by atoms with van der Waals surface area (Å²) in [6, 6.07) is 14.3. The molecule has 0 saturated carbocycles. The zero-order valence-corrected chi connectivity index (χ0v) is 15.5. The number of hydrogen-bond acceptors (Lipinski definition) is 3. The van der Waals surface area contributed by atoms with Crippen molar-refractivity contribution in [1.82, 2.24) is 14.7 Å². The molecule has 0 N–H and O–H groups in total. The number of anilines is 1. The average molecular weight is 400 g/mol. The molecule has 0 radical (unpaired) electrons. The molecule has 2 aromatic carbocycles. The third-order valence-corrected chi connectivity index (χ3v) is 4.99. The minimum atomic E-state index is -4.36. The van der Waals surface area contributed by atoms with E-state index in [2.05, 4.69) is 5.10 Å². The maximum absolute atomic E-state index is 12.9. The van der Waals surface area contributed by atoms with Crippen molar-refractivity contribution in [2.75, 3.05) is 31.1 Å². The van der Waals surface area contributed by atoms with Crippen molar-refractivity contribution >= 4 is 11.6 Å². The highest BCUT2D eigenvalue weighted by atomic mass is 19.4. The molecule has 1 amide bonds. The first-order chi connectivity index (χ1) is 13.9. The Morgan fingerprint density at radius 3 is 2.24 bits per heavy atom. The first-order valence-electron chi connectivity index (χ1n) is 9.23. The number of alkyl halides is 3. The van der Waals surface area contributed by atoms with E-state index in [1.54, 1.807) is 34.0 Å². The highest BCUT2D eigenvalue weighted by Crippen LogP contribution is 2.32. The van der Waals surface area contributed by atoms with Gasteiger partial charge in [-0.05, 0) is 48.5 Å². The fourth-order valence-electron chi connectivity index (χ4n) is 3.41. The summed E-state index contributed by atoms with van der Waals surface area (Å²) in [5.41, 5.74) is 1.30. The van der Waals surface area contributed by atoms with Crippen LogP contribution in [0.4, 0.5) is 18.9 Å². The van der Waals surface area contributed by atoms with Gasteiger partial charge in [-0.1, -0.05) is 6.07 Å². The topological polar surface area (TPSA) is 41.4 Å². The predicted octanol–water partition coefficient (Wildman–Crippen LogP) is 3.85. The fraction of sp³-hybridized carbons (Fsp3) is 0.238. The smallest absolute Gasteiger partial charge is 0.368 e. The van der Waals surface area contributed by atoms with E-state index in [9.17, 15) is 18.0 Å². The third-order valence-electron chi connectivity index (χ3n) is 4.99. The van der Waals surface area contributed by atoms with Crippen molar-refractivity contribution in [3.8, 4) is 5.69 Å². The molecule has 8 heteroatoms. The van der Waals surface area contributed by atoms with Gasteiger partial charge in [0.05, 0.1) is 11.3 Å². The van der Waals surface area contributed by atoms with Crippen molar-refractivity contribution in [3.05, 3.63) is 78.1 Å². The molecule has 0 aliphatic carbocycles. The monoisotopic (exact) mass is 400 g/mol. The van der Waals surface area contributed by atoms with Gasteiger partial charge in [-0.2, -0.15) is 18.3 Å². The molecule has 0 atom stereocenters. The molecule has 1 aromatic heterocycles. The van der Waals surface area contributed by atoms with E-state index in [0.717, 1.165) is 17.8 Å². The van der Waals surface area contributed by atoms with Crippen molar-refractivity contribution in [2.24, 2.45) is 0 Å². The number of amides is 1. The second-order valence-corrected chi connectivity index (χ2v) is 6.82. The van der Waals surface area contributed by atoms with E-state index in [0.29, 0.717) is 37.4 Å². The van der Waals surface area contributed by atoms with Gasteiger partial charge in [-0.3, -0.25) is 4.79 Å². The molecule has 150 valence electrons. The molecule has 5 nitrogen and oxygen atoms in total. The van der Waals surface area contributed by atoms with Crippen LogP contribution in [0.3, 0.4) is 0 Å². The van der Waals surface area contributed by atoms with Gasteiger partial charge in [0.15, 0.2) is 0 Å². The van der Waals surface area contributed by atoms with E-state index < -0.39 is 11.7 Å². The molecule has 0 spiro atoms. The van der Waals surface area contributed by atoms with Gasteiger partial charge in [0.2, 0.25) is 0 Å². The van der Waals surface area contributed by atoms with E-state index in [4.69, 9.17) is 0 Å². The zero-order valence-electron chi connectivity index (χ0n) is 15.5. The van der Waals surface area contributed by atoms with E-state index in [-0.39, 0.29) is 5.91 Å². The Morgan fingerprint density at radius 2 is 1.62 bits per heavy atom. The number of nitrogens with zero attached hydrogens (tertiary/aromatic N) is 4. The quantitative estimate of drug-likeness (QED) is 0.671. The second kappa shape index (κ2) is 7.62. The summed E-state index contributed by atoms with van der Waals surface area (Å²) in [6.45, 7) is 1.88. The summed E-state index contributed by atoms with van der Waals surface area (Å²) in [4.78, 5) is 16.4. The summed E-state index contributed by atoms with van der Waals surface area (Å²) in [5.74, 6) is -0.0827. The number of rotatable bonds is 3. The molecule has 3 aromatic rings. The first-order valence-corrected chi connectivity index (χ1v) is 9.23. The van der Waals surface area contributed by atoms with Crippen LogP contribution >= 0.6 is 0 Å². The largest absolute Gasteiger partial charge is 0.416 e. The molecule has 1 aliphatic heterocycles. The van der Waals surface area contributed by atoms with Crippen molar-refractivity contribution in [3.63, 3.8) is 0 Å². The SMILES string of the molecule is O=C(c1ccc(-n2cccn2)cc1)N1CCN(c2cccc(C(F)(F)F)c2)CC1. The minimum absolute atomic E-state index is 0.0827. The normalized spacial score (nSPS) is 14.9. The zero-order chi connectivity index (χ0) is 20.4. The van der Waals surface area contributed by atoms with Gasteiger partial charge < -0.3 is 9.80 Å². The van der Waals surface area contributed by atoms with Gasteiger partial charge in [-0.25, -0.2) is 4.68 Å². The summed E-state index contributed by atoms with van der Waals surface area (Å²) in [6.07, 6.45) is -0.858. The third kappa shape index (κ3) is 4.11. The molecule has 29 heavy (non-hydrogen) atoms. The van der Waals surface area contributed by atoms with Crippen LogP contribution < -0.4 is 4.90 Å². The lowest BCUT2D eigenvalue weighted by atomic mass is 10.1. The molecule has 1 aliphatic rings. The molecule has 0 bridgehead atoms. The summed E-state index contributed by atoms with van der Waals surface area (Å²) in [5, 5.41) is 4.15. The lowest BCUT2D eigenvalue weighted by Crippen LogP contribution is -2.48. The van der Waals surface area contributed by atoms with E-state index in [1.807, 2.05) is 29.3 Å². The van der Waals surface area contributed by atoms with Crippen LogP contribution in [0.5, 0.6) is 0 Å². The van der Waals surface area contributed by atoms with Crippen LogP contribution in [-0.4, -0.2) is 46.8 Å². The highest BCUT2D eigenvalue weighted by molar-refractivity contribution is 5.94. The van der Waals surface area contributed by atoms with Gasteiger partial charge >= 0.3 is 6.18 Å². The second-order valence-electron chi connectivity index (χ2n) is 6.82. The number of halogens is 3. The van der Waals surface area contributed by atoms with Gasteiger partial charge in [0, 0.05) is 49.8 Å². The summed E-state index contributed by atoms with van der Waals surface area (Å²) in [7, 11) is 0. The van der Waals surface area contributed by atoms with Crippen LogP contribution in [0.1, 0.15) is 15.9 Å². The van der Waals surface area contributed by atoms with Crippen LogP contribution in [0.25, 0.3) is 5.69 Å². The molecule has 2 heterocycles. The Kier molecular flexibility index (Phi) is 5.00. The van der Waals surface area contributed by atoms with Crippen molar-refractivity contribution < 1.29 is 18.0 Å². The van der Waals surface area contributed by atoms with E-state index >= 15 is 0 Å². The first kappa shape index (κ1) is 19.0. The maximum atomic E-state index is 12.9. The van der Waals surface area contributed by atoms with Crippen LogP contribution in [0.15, 0.2) is 67.0 Å².